The second-order valence-corrected chi connectivity index (χ2v) is 4.84. The van der Waals surface area contributed by atoms with Gasteiger partial charge in [-0.3, -0.25) is 4.57 Å². The van der Waals surface area contributed by atoms with Crippen LogP contribution >= 0.6 is 0 Å². The number of hydrogen-bond acceptors (Lipinski definition) is 2. The van der Waals surface area contributed by atoms with Gasteiger partial charge in [-0.05, 0) is 49.2 Å². The van der Waals surface area contributed by atoms with Crippen LogP contribution in [0.15, 0.2) is 42.7 Å². The summed E-state index contributed by atoms with van der Waals surface area (Å²) in [5.41, 5.74) is 5.31. The third kappa shape index (κ3) is 1.86. The Labute approximate surface area is 116 Å². The van der Waals surface area contributed by atoms with Crippen molar-refractivity contribution < 1.29 is 9.90 Å². The van der Waals surface area contributed by atoms with E-state index < -0.39 is 5.97 Å². The second-order valence-electron chi connectivity index (χ2n) is 4.84. The molecule has 0 aliphatic carbocycles. The van der Waals surface area contributed by atoms with Crippen LogP contribution in [0.2, 0.25) is 0 Å². The van der Waals surface area contributed by atoms with Gasteiger partial charge in [-0.1, -0.05) is 12.1 Å². The number of imidazole rings is 1. The topological polar surface area (TPSA) is 55.1 Å². The average molecular weight is 266 g/mol. The van der Waals surface area contributed by atoms with Gasteiger partial charge in [0.05, 0.1) is 22.3 Å². The molecule has 1 aromatic heterocycles. The highest BCUT2D eigenvalue weighted by Crippen LogP contribution is 2.23. The molecule has 0 aliphatic rings. The van der Waals surface area contributed by atoms with Gasteiger partial charge in [0.2, 0.25) is 0 Å². The monoisotopic (exact) mass is 266 g/mol. The first-order valence-corrected chi connectivity index (χ1v) is 6.35. The molecule has 0 atom stereocenters. The van der Waals surface area contributed by atoms with Gasteiger partial charge in [-0.15, -0.1) is 0 Å². The van der Waals surface area contributed by atoms with Crippen LogP contribution in [-0.2, 0) is 0 Å². The first-order chi connectivity index (χ1) is 9.58. The van der Waals surface area contributed by atoms with Crippen LogP contribution in [0, 0.1) is 13.8 Å². The zero-order valence-electron chi connectivity index (χ0n) is 11.3. The van der Waals surface area contributed by atoms with Crippen LogP contribution in [0.25, 0.3) is 16.7 Å². The van der Waals surface area contributed by atoms with Gasteiger partial charge in [0.15, 0.2) is 0 Å². The Morgan fingerprint density at radius 2 is 2.00 bits per heavy atom. The number of carboxylic acids is 1. The summed E-state index contributed by atoms with van der Waals surface area (Å²) < 4.78 is 1.99. The van der Waals surface area contributed by atoms with Crippen LogP contribution < -0.4 is 0 Å². The molecule has 3 rings (SSSR count). The minimum atomic E-state index is -0.937. The number of benzene rings is 2. The number of hydrogen-bond donors (Lipinski definition) is 1. The van der Waals surface area contributed by atoms with Crippen molar-refractivity contribution in [2.45, 2.75) is 13.8 Å². The molecule has 0 spiro atoms. The normalized spacial score (nSPS) is 10.9. The smallest absolute Gasteiger partial charge is 0.335 e. The number of aryl methyl sites for hydroxylation is 1. The van der Waals surface area contributed by atoms with E-state index in [-0.39, 0.29) is 5.56 Å². The molecule has 20 heavy (non-hydrogen) atoms. The molecule has 0 amide bonds. The number of nitrogens with zero attached hydrogens (tertiary/aromatic N) is 2. The van der Waals surface area contributed by atoms with Crippen molar-refractivity contribution in [3.8, 4) is 5.69 Å². The number of aromatic carboxylic acids is 1. The number of fused-ring (bicyclic) bond motifs is 1. The lowest BCUT2D eigenvalue weighted by Crippen LogP contribution is -1.98. The zero-order chi connectivity index (χ0) is 14.3. The summed E-state index contributed by atoms with van der Waals surface area (Å²) in [7, 11) is 0. The van der Waals surface area contributed by atoms with Gasteiger partial charge in [0.1, 0.15) is 6.33 Å². The molecule has 100 valence electrons. The highest BCUT2D eigenvalue weighted by Gasteiger charge is 2.10. The Balaban J connectivity index is 2.23. The van der Waals surface area contributed by atoms with Gasteiger partial charge >= 0.3 is 5.97 Å². The molecular weight excluding hydrogens is 252 g/mol. The molecule has 0 fully saturated rings. The van der Waals surface area contributed by atoms with Gasteiger partial charge < -0.3 is 5.11 Å². The van der Waals surface area contributed by atoms with E-state index in [4.69, 9.17) is 5.11 Å². The van der Waals surface area contributed by atoms with Crippen molar-refractivity contribution >= 4 is 17.0 Å². The predicted molar refractivity (Wildman–Crippen MR) is 77.5 cm³/mol. The predicted octanol–water partition coefficient (Wildman–Crippen LogP) is 3.34. The fourth-order valence-electron chi connectivity index (χ4n) is 2.33. The first kappa shape index (κ1) is 12.4. The van der Waals surface area contributed by atoms with E-state index in [1.54, 1.807) is 24.5 Å². The van der Waals surface area contributed by atoms with Crippen molar-refractivity contribution in [2.75, 3.05) is 0 Å². The quantitative estimate of drug-likeness (QED) is 0.774. The Morgan fingerprint density at radius 3 is 2.75 bits per heavy atom. The van der Waals surface area contributed by atoms with E-state index in [0.29, 0.717) is 5.52 Å². The lowest BCUT2D eigenvalue weighted by molar-refractivity contribution is 0.0697. The van der Waals surface area contributed by atoms with Crippen molar-refractivity contribution in [2.24, 2.45) is 0 Å². The van der Waals surface area contributed by atoms with Crippen LogP contribution in [0.3, 0.4) is 0 Å². The number of carbonyl (C=O) groups is 1. The lowest BCUT2D eigenvalue weighted by atomic mass is 10.1. The van der Waals surface area contributed by atoms with Gasteiger partial charge in [0, 0.05) is 0 Å². The summed E-state index contributed by atoms with van der Waals surface area (Å²) in [5.74, 6) is -0.937. The Bertz CT molecular complexity index is 818. The Kier molecular flexibility index (Phi) is 2.79. The van der Waals surface area contributed by atoms with Crippen molar-refractivity contribution in [3.05, 3.63) is 59.4 Å². The molecule has 0 saturated heterocycles. The van der Waals surface area contributed by atoms with Gasteiger partial charge in [-0.25, -0.2) is 9.78 Å². The molecular formula is C16H14N2O2. The maximum atomic E-state index is 11.0. The number of rotatable bonds is 2. The van der Waals surface area contributed by atoms with E-state index in [2.05, 4.69) is 24.9 Å². The minimum Gasteiger partial charge on any atom is -0.478 e. The van der Waals surface area contributed by atoms with Crippen molar-refractivity contribution in [3.63, 3.8) is 0 Å². The van der Waals surface area contributed by atoms with Gasteiger partial charge in [-0.2, -0.15) is 0 Å². The highest BCUT2D eigenvalue weighted by atomic mass is 16.4. The number of carboxylic acid groups (broad SMARTS) is 1. The molecule has 0 radical (unpaired) electrons. The first-order valence-electron chi connectivity index (χ1n) is 6.35. The highest BCUT2D eigenvalue weighted by molar-refractivity contribution is 5.92. The summed E-state index contributed by atoms with van der Waals surface area (Å²) in [4.78, 5) is 15.3. The number of aromatic nitrogens is 2. The van der Waals surface area contributed by atoms with Crippen LogP contribution in [0.5, 0.6) is 0 Å². The zero-order valence-corrected chi connectivity index (χ0v) is 11.3. The average Bonchev–Trinajstić information content (AvgIpc) is 2.84. The van der Waals surface area contributed by atoms with E-state index in [9.17, 15) is 4.79 Å². The molecule has 4 heteroatoms. The van der Waals surface area contributed by atoms with Crippen molar-refractivity contribution in [1.29, 1.82) is 0 Å². The van der Waals surface area contributed by atoms with E-state index in [1.165, 1.54) is 11.1 Å². The molecule has 1 heterocycles. The molecule has 3 aromatic rings. The van der Waals surface area contributed by atoms with E-state index >= 15 is 0 Å². The third-order valence-electron chi connectivity index (χ3n) is 3.63. The van der Waals surface area contributed by atoms with Crippen molar-refractivity contribution in [1.82, 2.24) is 9.55 Å². The SMILES string of the molecule is Cc1cccc(-n2cnc3cc(C(=O)O)ccc32)c1C. The van der Waals surface area contributed by atoms with E-state index in [1.807, 2.05) is 16.7 Å². The maximum Gasteiger partial charge on any atom is 0.335 e. The fourth-order valence-corrected chi connectivity index (χ4v) is 2.33. The summed E-state index contributed by atoms with van der Waals surface area (Å²) in [5, 5.41) is 9.01. The van der Waals surface area contributed by atoms with Crippen LogP contribution in [-0.4, -0.2) is 20.6 Å². The van der Waals surface area contributed by atoms with Crippen LogP contribution in [0.4, 0.5) is 0 Å². The molecule has 0 unspecified atom stereocenters. The Hall–Kier alpha value is -2.62. The molecule has 1 N–H and O–H groups in total. The largest absolute Gasteiger partial charge is 0.478 e. The molecule has 4 nitrogen and oxygen atoms in total. The lowest BCUT2D eigenvalue weighted by Gasteiger charge is -2.10. The molecule has 2 aromatic carbocycles. The summed E-state index contributed by atoms with van der Waals surface area (Å²) >= 11 is 0. The third-order valence-corrected chi connectivity index (χ3v) is 3.63. The van der Waals surface area contributed by atoms with Crippen LogP contribution in [0.1, 0.15) is 21.5 Å². The summed E-state index contributed by atoms with van der Waals surface area (Å²) in [6, 6.07) is 11.1. The fraction of sp³-hybridized carbons (Fsp3) is 0.125. The Morgan fingerprint density at radius 1 is 1.20 bits per heavy atom. The standard InChI is InChI=1S/C16H14N2O2/c1-10-4-3-5-14(11(10)2)18-9-17-13-8-12(16(19)20)6-7-15(13)18/h3-9H,1-2H3,(H,19,20). The molecule has 0 saturated carbocycles. The molecule has 0 aliphatic heterocycles. The molecule has 0 bridgehead atoms. The van der Waals surface area contributed by atoms with E-state index in [0.717, 1.165) is 11.2 Å². The van der Waals surface area contributed by atoms with Gasteiger partial charge in [0.25, 0.3) is 0 Å². The summed E-state index contributed by atoms with van der Waals surface area (Å²) in [6.45, 7) is 4.14. The minimum absolute atomic E-state index is 0.253. The summed E-state index contributed by atoms with van der Waals surface area (Å²) in [6.07, 6.45) is 1.73. The second kappa shape index (κ2) is 4.49. The maximum absolute atomic E-state index is 11.0.